The van der Waals surface area contributed by atoms with Crippen LogP contribution in [0.3, 0.4) is 0 Å². The Kier molecular flexibility index (Phi) is 7.16. The van der Waals surface area contributed by atoms with Crippen molar-refractivity contribution in [3.8, 4) is 0 Å². The molecule has 0 fully saturated rings. The molecular weight excluding hydrogens is 520 g/mol. The normalized spacial score (nSPS) is 11.4. The van der Waals surface area contributed by atoms with Gasteiger partial charge in [0, 0.05) is 9.13 Å². The third kappa shape index (κ3) is 5.42. The van der Waals surface area contributed by atoms with Gasteiger partial charge in [-0.3, -0.25) is 9.10 Å². The Morgan fingerprint density at radius 2 is 1.63 bits per heavy atom. The molecular formula is C21H17FIN3O3S. The Balaban J connectivity index is 1.83. The Morgan fingerprint density at radius 1 is 1.00 bits per heavy atom. The van der Waals surface area contributed by atoms with E-state index < -0.39 is 28.3 Å². The van der Waals surface area contributed by atoms with E-state index in [1.54, 1.807) is 54.6 Å². The minimum atomic E-state index is -3.99. The Hall–Kier alpha value is -2.79. The van der Waals surface area contributed by atoms with E-state index in [0.717, 1.165) is 14.1 Å². The molecule has 1 N–H and O–H groups in total. The molecule has 3 rings (SSSR count). The summed E-state index contributed by atoms with van der Waals surface area (Å²) in [6, 6.07) is 20.5. The smallest absolute Gasteiger partial charge is 0.264 e. The van der Waals surface area contributed by atoms with Crippen LogP contribution < -0.4 is 9.73 Å². The largest absolute Gasteiger partial charge is 0.271 e. The Labute approximate surface area is 187 Å². The van der Waals surface area contributed by atoms with Gasteiger partial charge in [0.1, 0.15) is 12.4 Å². The average molecular weight is 537 g/mol. The Morgan fingerprint density at radius 3 is 2.30 bits per heavy atom. The first-order chi connectivity index (χ1) is 14.4. The number of hydrogen-bond donors (Lipinski definition) is 1. The summed E-state index contributed by atoms with van der Waals surface area (Å²) in [5.74, 6) is -1.15. The molecule has 0 saturated heterocycles. The lowest BCUT2D eigenvalue weighted by Gasteiger charge is -2.23. The van der Waals surface area contributed by atoms with Crippen LogP contribution in [0.15, 0.2) is 88.9 Å². The number of carbonyl (C=O) groups excluding carboxylic acids is 1. The molecule has 0 radical (unpaired) electrons. The number of rotatable bonds is 7. The summed E-state index contributed by atoms with van der Waals surface area (Å²) >= 11 is 2.11. The van der Waals surface area contributed by atoms with Crippen molar-refractivity contribution in [1.82, 2.24) is 5.43 Å². The van der Waals surface area contributed by atoms with Crippen LogP contribution in [0.2, 0.25) is 0 Å². The van der Waals surface area contributed by atoms with Gasteiger partial charge in [0.15, 0.2) is 0 Å². The summed E-state index contributed by atoms with van der Waals surface area (Å²) in [7, 11) is -3.99. The van der Waals surface area contributed by atoms with Crippen LogP contribution in [0.1, 0.15) is 5.56 Å². The fourth-order valence-corrected chi connectivity index (χ4v) is 4.36. The third-order valence-corrected chi connectivity index (χ3v) is 6.54. The van der Waals surface area contributed by atoms with Gasteiger partial charge in [-0.05, 0) is 65.1 Å². The van der Waals surface area contributed by atoms with Gasteiger partial charge < -0.3 is 0 Å². The van der Waals surface area contributed by atoms with Crippen molar-refractivity contribution in [3.05, 3.63) is 93.8 Å². The number of halogens is 2. The topological polar surface area (TPSA) is 78.8 Å². The number of carbonyl (C=O) groups is 1. The molecule has 1 amide bonds. The summed E-state index contributed by atoms with van der Waals surface area (Å²) < 4.78 is 41.9. The maximum absolute atomic E-state index is 13.6. The number of amides is 1. The molecule has 3 aromatic rings. The predicted octanol–water partition coefficient (Wildman–Crippen LogP) is 3.78. The fraction of sp³-hybridized carbons (Fsp3) is 0.0476. The maximum Gasteiger partial charge on any atom is 0.264 e. The van der Waals surface area contributed by atoms with E-state index in [1.165, 1.54) is 24.3 Å². The molecule has 0 heterocycles. The number of hydrazone groups is 1. The molecule has 3 aromatic carbocycles. The summed E-state index contributed by atoms with van der Waals surface area (Å²) in [6.45, 7) is -0.494. The van der Waals surface area contributed by atoms with E-state index in [2.05, 4.69) is 33.1 Å². The molecule has 0 aliphatic heterocycles. The molecule has 30 heavy (non-hydrogen) atoms. The molecule has 0 saturated carbocycles. The van der Waals surface area contributed by atoms with Crippen molar-refractivity contribution in [3.63, 3.8) is 0 Å². The first-order valence-electron chi connectivity index (χ1n) is 8.78. The molecule has 0 aromatic heterocycles. The maximum atomic E-state index is 13.6. The zero-order valence-electron chi connectivity index (χ0n) is 15.6. The van der Waals surface area contributed by atoms with E-state index in [9.17, 15) is 17.6 Å². The highest BCUT2D eigenvalue weighted by atomic mass is 127. The molecule has 6 nitrogen and oxygen atoms in total. The van der Waals surface area contributed by atoms with Crippen molar-refractivity contribution in [2.75, 3.05) is 10.8 Å². The van der Waals surface area contributed by atoms with Crippen molar-refractivity contribution < 1.29 is 17.6 Å². The predicted molar refractivity (Wildman–Crippen MR) is 122 cm³/mol. The molecule has 0 atom stereocenters. The Bertz CT molecular complexity index is 1150. The van der Waals surface area contributed by atoms with Crippen molar-refractivity contribution >= 4 is 50.4 Å². The number of nitrogens with zero attached hydrogens (tertiary/aromatic N) is 2. The van der Waals surface area contributed by atoms with E-state index in [-0.39, 0.29) is 10.5 Å². The van der Waals surface area contributed by atoms with Crippen LogP contribution >= 0.6 is 22.6 Å². The van der Waals surface area contributed by atoms with Gasteiger partial charge in [0.05, 0.1) is 16.8 Å². The van der Waals surface area contributed by atoms with Gasteiger partial charge in [0.25, 0.3) is 15.9 Å². The molecule has 0 aliphatic rings. The second-order valence-corrected chi connectivity index (χ2v) is 9.22. The SMILES string of the molecule is O=C(CN(c1ccc(I)cc1)S(=O)(=O)c1ccccc1)N/N=C\c1ccccc1F. The molecule has 0 spiro atoms. The first-order valence-corrected chi connectivity index (χ1v) is 11.3. The van der Waals surface area contributed by atoms with Crippen LogP contribution in [-0.4, -0.2) is 27.1 Å². The highest BCUT2D eigenvalue weighted by Crippen LogP contribution is 2.24. The van der Waals surface area contributed by atoms with Crippen LogP contribution in [0.4, 0.5) is 10.1 Å². The quantitative estimate of drug-likeness (QED) is 0.283. The average Bonchev–Trinajstić information content (AvgIpc) is 2.75. The van der Waals surface area contributed by atoms with Gasteiger partial charge in [-0.25, -0.2) is 18.2 Å². The van der Waals surface area contributed by atoms with Crippen LogP contribution in [0, 0.1) is 9.39 Å². The minimum absolute atomic E-state index is 0.0613. The van der Waals surface area contributed by atoms with E-state index in [4.69, 9.17) is 0 Å². The second-order valence-electron chi connectivity index (χ2n) is 6.12. The second kappa shape index (κ2) is 9.81. The highest BCUT2D eigenvalue weighted by molar-refractivity contribution is 14.1. The standard InChI is InChI=1S/C21H17FIN3O3S/c22-20-9-5-4-6-16(20)14-24-25-21(27)15-26(18-12-10-17(23)11-13-18)30(28,29)19-7-2-1-3-8-19/h1-14H,15H2,(H,25,27)/b24-14-. The summed E-state index contributed by atoms with van der Waals surface area (Å²) in [6.07, 6.45) is 1.16. The van der Waals surface area contributed by atoms with Gasteiger partial charge in [-0.1, -0.05) is 36.4 Å². The van der Waals surface area contributed by atoms with E-state index in [0.29, 0.717) is 5.69 Å². The highest BCUT2D eigenvalue weighted by Gasteiger charge is 2.27. The lowest BCUT2D eigenvalue weighted by molar-refractivity contribution is -0.119. The molecule has 0 bridgehead atoms. The third-order valence-electron chi connectivity index (χ3n) is 4.03. The lowest BCUT2D eigenvalue weighted by Crippen LogP contribution is -2.39. The van der Waals surface area contributed by atoms with Gasteiger partial charge >= 0.3 is 0 Å². The first kappa shape index (κ1) is 21.9. The fourth-order valence-electron chi connectivity index (χ4n) is 2.56. The van der Waals surface area contributed by atoms with Crippen molar-refractivity contribution in [2.45, 2.75) is 4.90 Å². The number of nitrogens with one attached hydrogen (secondary N) is 1. The summed E-state index contributed by atoms with van der Waals surface area (Å²) in [5.41, 5.74) is 2.79. The molecule has 9 heteroatoms. The van der Waals surface area contributed by atoms with E-state index in [1.807, 2.05) is 0 Å². The zero-order valence-corrected chi connectivity index (χ0v) is 18.5. The monoisotopic (exact) mass is 537 g/mol. The van der Waals surface area contributed by atoms with Crippen LogP contribution in [-0.2, 0) is 14.8 Å². The van der Waals surface area contributed by atoms with Crippen molar-refractivity contribution in [1.29, 1.82) is 0 Å². The van der Waals surface area contributed by atoms with Gasteiger partial charge in [0.2, 0.25) is 0 Å². The number of hydrogen-bond acceptors (Lipinski definition) is 4. The number of benzene rings is 3. The van der Waals surface area contributed by atoms with Crippen LogP contribution in [0.25, 0.3) is 0 Å². The molecule has 0 aliphatic carbocycles. The lowest BCUT2D eigenvalue weighted by atomic mass is 10.2. The number of sulfonamides is 1. The minimum Gasteiger partial charge on any atom is -0.271 e. The summed E-state index contributed by atoms with van der Waals surface area (Å²) in [4.78, 5) is 12.5. The zero-order chi connectivity index (χ0) is 21.6. The van der Waals surface area contributed by atoms with Gasteiger partial charge in [-0.2, -0.15) is 5.10 Å². The molecule has 154 valence electrons. The van der Waals surface area contributed by atoms with Gasteiger partial charge in [-0.15, -0.1) is 0 Å². The van der Waals surface area contributed by atoms with E-state index >= 15 is 0 Å². The van der Waals surface area contributed by atoms with Crippen molar-refractivity contribution in [2.24, 2.45) is 5.10 Å². The summed E-state index contributed by atoms with van der Waals surface area (Å²) in [5, 5.41) is 3.73. The number of anilines is 1. The molecule has 0 unspecified atom stereocenters. The van der Waals surface area contributed by atoms with Crippen LogP contribution in [0.5, 0.6) is 0 Å².